The molecule has 1 aromatic heterocycles. The van der Waals surface area contributed by atoms with Crippen LogP contribution in [-0.4, -0.2) is 16.4 Å². The average molecular weight is 399 g/mol. The van der Waals surface area contributed by atoms with E-state index in [-0.39, 0.29) is 0 Å². The van der Waals surface area contributed by atoms with Gasteiger partial charge in [0.05, 0.1) is 11.9 Å². The van der Waals surface area contributed by atoms with Gasteiger partial charge < -0.3 is 0 Å². The number of para-hydroxylation sites is 1. The van der Waals surface area contributed by atoms with E-state index in [0.717, 1.165) is 11.3 Å². The molecule has 0 saturated carbocycles. The van der Waals surface area contributed by atoms with Crippen molar-refractivity contribution in [1.82, 2.24) is 9.78 Å². The average Bonchev–Trinajstić information content (AvgIpc) is 3.27. The summed E-state index contributed by atoms with van der Waals surface area (Å²) in [4.78, 5) is 0. The lowest BCUT2D eigenvalue weighted by Gasteiger charge is -2.12. The molecule has 0 bridgehead atoms. The molecule has 3 heteroatoms. The normalized spacial score (nSPS) is 9.32. The van der Waals surface area contributed by atoms with Crippen molar-refractivity contribution in [2.45, 2.75) is 60.3 Å². The van der Waals surface area contributed by atoms with Crippen molar-refractivity contribution in [3.63, 3.8) is 0 Å². The largest absolute Gasteiger partial charge is 0.240 e. The lowest BCUT2D eigenvalue weighted by Crippen LogP contribution is -2.01. The Kier molecular flexibility index (Phi) is 15.0. The molecule has 3 rings (SSSR count). The zero-order chi connectivity index (χ0) is 21.4. The van der Waals surface area contributed by atoms with Crippen molar-refractivity contribution >= 4 is 9.24 Å². The molecule has 0 N–H and O–H groups in total. The summed E-state index contributed by atoms with van der Waals surface area (Å²) < 4.78 is 1.97. The van der Waals surface area contributed by atoms with Gasteiger partial charge in [-0.05, 0) is 23.1 Å². The van der Waals surface area contributed by atoms with Crippen LogP contribution < -0.4 is 0 Å². The van der Waals surface area contributed by atoms with Crippen molar-refractivity contribution in [2.75, 3.05) is 6.66 Å². The van der Waals surface area contributed by atoms with Gasteiger partial charge in [-0.2, -0.15) is 5.10 Å². The molecule has 0 aliphatic carbocycles. The first-order chi connectivity index (χ1) is 13.7. The van der Waals surface area contributed by atoms with Gasteiger partial charge >= 0.3 is 0 Å². The minimum absolute atomic E-state index is 0.482. The van der Waals surface area contributed by atoms with E-state index in [2.05, 4.69) is 96.8 Å². The molecule has 1 unspecified atom stereocenters. The molecule has 1 heterocycles. The van der Waals surface area contributed by atoms with Crippen molar-refractivity contribution < 1.29 is 0 Å². The maximum atomic E-state index is 4.52. The molecule has 154 valence electrons. The monoisotopic (exact) mass is 398 g/mol. The number of aromatic nitrogens is 2. The van der Waals surface area contributed by atoms with Crippen LogP contribution in [0, 0.1) is 0 Å². The SMILES string of the molecule is CC.CC(C)c1ccccc1-n1cc(-c2ccccc2)cn1.CCCC.CP. The molecule has 0 aliphatic rings. The van der Waals surface area contributed by atoms with Crippen LogP contribution in [0.2, 0.25) is 0 Å². The summed E-state index contributed by atoms with van der Waals surface area (Å²) >= 11 is 0. The second-order valence-corrected chi connectivity index (χ2v) is 6.25. The van der Waals surface area contributed by atoms with Gasteiger partial charge in [-0.1, -0.05) is 110 Å². The molecule has 3 aromatic rings. The van der Waals surface area contributed by atoms with E-state index in [9.17, 15) is 0 Å². The minimum Gasteiger partial charge on any atom is -0.240 e. The Labute approximate surface area is 175 Å². The molecule has 0 saturated heterocycles. The summed E-state index contributed by atoms with van der Waals surface area (Å²) in [6, 6.07) is 18.8. The third kappa shape index (κ3) is 8.40. The van der Waals surface area contributed by atoms with Gasteiger partial charge in [0.1, 0.15) is 0 Å². The summed E-state index contributed by atoms with van der Waals surface area (Å²) in [6.07, 6.45) is 6.66. The Morgan fingerprint density at radius 1 is 0.821 bits per heavy atom. The Balaban J connectivity index is 0.000000797. The van der Waals surface area contributed by atoms with Gasteiger partial charge in [-0.3, -0.25) is 0 Å². The van der Waals surface area contributed by atoms with E-state index in [0.29, 0.717) is 5.92 Å². The van der Waals surface area contributed by atoms with E-state index in [1.807, 2.05) is 37.5 Å². The molecular weight excluding hydrogens is 359 g/mol. The Morgan fingerprint density at radius 2 is 1.36 bits per heavy atom. The van der Waals surface area contributed by atoms with Crippen LogP contribution >= 0.6 is 9.24 Å². The summed E-state index contributed by atoms with van der Waals surface area (Å²) in [5.41, 5.74) is 4.81. The molecule has 28 heavy (non-hydrogen) atoms. The molecular formula is C25H39N2P. The number of rotatable bonds is 4. The lowest BCUT2D eigenvalue weighted by atomic mass is 10.0. The maximum absolute atomic E-state index is 4.52. The van der Waals surface area contributed by atoms with Gasteiger partial charge in [0.25, 0.3) is 0 Å². The fraction of sp³-hybridized carbons (Fsp3) is 0.400. The zero-order valence-corrected chi connectivity index (χ0v) is 20.0. The fourth-order valence-electron chi connectivity index (χ4n) is 2.42. The minimum atomic E-state index is 0.482. The van der Waals surface area contributed by atoms with E-state index in [4.69, 9.17) is 0 Å². The van der Waals surface area contributed by atoms with E-state index < -0.39 is 0 Å². The van der Waals surface area contributed by atoms with Crippen molar-refractivity contribution in [1.29, 1.82) is 0 Å². The van der Waals surface area contributed by atoms with Gasteiger partial charge in [-0.25, -0.2) is 4.68 Å². The molecule has 0 amide bonds. The highest BCUT2D eigenvalue weighted by Gasteiger charge is 2.09. The van der Waals surface area contributed by atoms with E-state index in [1.165, 1.54) is 24.0 Å². The highest BCUT2D eigenvalue weighted by Crippen LogP contribution is 2.25. The van der Waals surface area contributed by atoms with Crippen LogP contribution in [0.5, 0.6) is 0 Å². The Hall–Kier alpha value is -1.92. The van der Waals surface area contributed by atoms with Gasteiger partial charge in [0.15, 0.2) is 0 Å². The second-order valence-electron chi connectivity index (χ2n) is 6.25. The second kappa shape index (κ2) is 16.1. The van der Waals surface area contributed by atoms with Crippen molar-refractivity contribution in [2.24, 2.45) is 0 Å². The molecule has 2 aromatic carbocycles. The molecule has 0 fully saturated rings. The summed E-state index contributed by atoms with van der Waals surface area (Å²) in [6.45, 7) is 14.7. The van der Waals surface area contributed by atoms with Crippen LogP contribution in [0.15, 0.2) is 67.0 Å². The van der Waals surface area contributed by atoms with Crippen LogP contribution in [0.25, 0.3) is 16.8 Å². The highest BCUT2D eigenvalue weighted by atomic mass is 31.0. The fourth-order valence-corrected chi connectivity index (χ4v) is 2.42. The summed E-state index contributed by atoms with van der Waals surface area (Å²) in [5.74, 6) is 0.482. The summed E-state index contributed by atoms with van der Waals surface area (Å²) in [5, 5.41) is 4.52. The lowest BCUT2D eigenvalue weighted by molar-refractivity contribution is 0.809. The van der Waals surface area contributed by atoms with Crippen LogP contribution in [0.4, 0.5) is 0 Å². The standard InChI is InChI=1S/C18H18N2.C4H10.C2H6.CH5P/c1-14(2)17-10-6-7-11-18(17)20-13-16(12-19-20)15-8-4-3-5-9-15;1-3-4-2;2*1-2/h3-14H,1-2H3;3-4H2,1-2H3;1-2H3;2H2,1H3. The summed E-state index contributed by atoms with van der Waals surface area (Å²) in [7, 11) is 2.42. The number of hydrogen-bond donors (Lipinski definition) is 0. The third-order valence-electron chi connectivity index (χ3n) is 4.00. The number of nitrogens with zero attached hydrogens (tertiary/aromatic N) is 2. The van der Waals surface area contributed by atoms with Gasteiger partial charge in [-0.15, -0.1) is 9.24 Å². The predicted octanol–water partition coefficient (Wildman–Crippen LogP) is 7.99. The number of benzene rings is 2. The van der Waals surface area contributed by atoms with Crippen molar-refractivity contribution in [3.05, 3.63) is 72.6 Å². The first kappa shape index (κ1) is 26.1. The van der Waals surface area contributed by atoms with Crippen molar-refractivity contribution in [3.8, 4) is 16.8 Å². The number of hydrogen-bond acceptors (Lipinski definition) is 1. The van der Waals surface area contributed by atoms with E-state index >= 15 is 0 Å². The van der Waals surface area contributed by atoms with Gasteiger partial charge in [0.2, 0.25) is 0 Å². The van der Waals surface area contributed by atoms with E-state index in [1.54, 1.807) is 0 Å². The Bertz CT molecular complexity index is 731. The Morgan fingerprint density at radius 3 is 1.89 bits per heavy atom. The molecule has 1 atom stereocenters. The van der Waals surface area contributed by atoms with Gasteiger partial charge in [0, 0.05) is 11.8 Å². The smallest absolute Gasteiger partial charge is 0.0680 e. The first-order valence-corrected chi connectivity index (χ1v) is 11.6. The quantitative estimate of drug-likeness (QED) is 0.407. The maximum Gasteiger partial charge on any atom is 0.0680 e. The van der Waals surface area contributed by atoms with Crippen LogP contribution in [0.3, 0.4) is 0 Å². The van der Waals surface area contributed by atoms with Crippen LogP contribution in [-0.2, 0) is 0 Å². The molecule has 0 spiro atoms. The van der Waals surface area contributed by atoms with Crippen LogP contribution in [0.1, 0.15) is 65.9 Å². The first-order valence-electron chi connectivity index (χ1n) is 10.4. The predicted molar refractivity (Wildman–Crippen MR) is 131 cm³/mol. The topological polar surface area (TPSA) is 17.8 Å². The molecule has 0 aliphatic heterocycles. The molecule has 2 nitrogen and oxygen atoms in total. The number of unbranched alkanes of at least 4 members (excludes halogenated alkanes) is 1. The molecule has 0 radical (unpaired) electrons. The zero-order valence-electron chi connectivity index (χ0n) is 18.8. The highest BCUT2D eigenvalue weighted by molar-refractivity contribution is 7.15. The third-order valence-corrected chi connectivity index (χ3v) is 4.00.